The molecule has 2 aromatic heterocycles. The summed E-state index contributed by atoms with van der Waals surface area (Å²) < 4.78 is 9.37. The highest BCUT2D eigenvalue weighted by atomic mass is 32.2. The molecule has 0 aromatic carbocycles. The van der Waals surface area contributed by atoms with Crippen LogP contribution in [0.4, 0.5) is 0 Å². The smallest absolute Gasteiger partial charge is 0.209 e. The Kier molecular flexibility index (Phi) is 4.82. The summed E-state index contributed by atoms with van der Waals surface area (Å²) in [4.78, 5) is 12.4. The summed E-state index contributed by atoms with van der Waals surface area (Å²) >= 11 is 1.38. The van der Waals surface area contributed by atoms with Gasteiger partial charge in [0.1, 0.15) is 0 Å². The van der Waals surface area contributed by atoms with Crippen LogP contribution in [0, 0.1) is 13.8 Å². The highest BCUT2D eigenvalue weighted by molar-refractivity contribution is 7.99. The predicted molar refractivity (Wildman–Crippen MR) is 86.7 cm³/mol. The van der Waals surface area contributed by atoms with Gasteiger partial charge >= 0.3 is 0 Å². The van der Waals surface area contributed by atoms with E-state index in [0.29, 0.717) is 17.5 Å². The Bertz CT molecular complexity index is 703. The number of hydrogen-bond donors (Lipinski definition) is 0. The summed E-state index contributed by atoms with van der Waals surface area (Å²) in [5.74, 6) is 0.429. The molecular formula is C15H21N5O2S. The molecule has 2 aromatic rings. The van der Waals surface area contributed by atoms with Crippen LogP contribution in [-0.4, -0.2) is 49.0 Å². The molecule has 1 atom stereocenters. The van der Waals surface area contributed by atoms with Crippen molar-refractivity contribution in [3.05, 3.63) is 23.0 Å². The molecular weight excluding hydrogens is 314 g/mol. The number of ether oxygens (including phenoxy) is 1. The maximum atomic E-state index is 12.4. The number of nitrogens with zero attached hydrogens (tertiary/aromatic N) is 5. The van der Waals surface area contributed by atoms with Crippen molar-refractivity contribution in [2.75, 3.05) is 12.4 Å². The van der Waals surface area contributed by atoms with Crippen LogP contribution in [0.25, 0.3) is 0 Å². The number of thioether (sulfide) groups is 1. The summed E-state index contributed by atoms with van der Waals surface area (Å²) in [6.45, 7) is 5.42. The van der Waals surface area contributed by atoms with Crippen LogP contribution in [0.15, 0.2) is 11.2 Å². The first kappa shape index (κ1) is 16.2. The monoisotopic (exact) mass is 335 g/mol. The van der Waals surface area contributed by atoms with Crippen LogP contribution in [-0.2, 0) is 18.3 Å². The molecule has 8 heteroatoms. The third-order valence-electron chi connectivity index (χ3n) is 4.31. The van der Waals surface area contributed by atoms with E-state index < -0.39 is 0 Å². The van der Waals surface area contributed by atoms with Crippen molar-refractivity contribution >= 4 is 17.5 Å². The number of carbonyl (C=O) groups excluding carboxylic acids is 1. The Morgan fingerprint density at radius 2 is 2.30 bits per heavy atom. The molecule has 0 radical (unpaired) electrons. The van der Waals surface area contributed by atoms with Gasteiger partial charge in [-0.15, -0.1) is 5.10 Å². The van der Waals surface area contributed by atoms with Crippen molar-refractivity contribution in [2.24, 2.45) is 7.05 Å². The van der Waals surface area contributed by atoms with Crippen LogP contribution in [0.1, 0.15) is 34.6 Å². The molecule has 23 heavy (non-hydrogen) atoms. The van der Waals surface area contributed by atoms with Crippen molar-refractivity contribution in [1.29, 1.82) is 0 Å². The minimum Gasteiger partial charge on any atom is -0.376 e. The van der Waals surface area contributed by atoms with Crippen LogP contribution in [0.5, 0.6) is 0 Å². The highest BCUT2D eigenvalue weighted by Crippen LogP contribution is 2.21. The van der Waals surface area contributed by atoms with E-state index in [-0.39, 0.29) is 11.9 Å². The summed E-state index contributed by atoms with van der Waals surface area (Å²) in [6, 6.07) is 1.94. The van der Waals surface area contributed by atoms with Crippen molar-refractivity contribution in [1.82, 2.24) is 24.8 Å². The third kappa shape index (κ3) is 3.48. The van der Waals surface area contributed by atoms with E-state index in [4.69, 9.17) is 4.74 Å². The zero-order chi connectivity index (χ0) is 16.4. The van der Waals surface area contributed by atoms with Crippen LogP contribution < -0.4 is 0 Å². The molecule has 0 spiro atoms. The quantitative estimate of drug-likeness (QED) is 0.592. The lowest BCUT2D eigenvalue weighted by Gasteiger charge is -2.09. The van der Waals surface area contributed by atoms with Gasteiger partial charge in [-0.2, -0.15) is 0 Å². The number of Topliss-reactive ketones (excluding diaryl/α,β-unsaturated/α-hetero) is 1. The second-order valence-corrected chi connectivity index (χ2v) is 6.78. The molecule has 3 heterocycles. The van der Waals surface area contributed by atoms with Gasteiger partial charge < -0.3 is 9.30 Å². The maximum absolute atomic E-state index is 12.4. The Morgan fingerprint density at radius 1 is 1.48 bits per heavy atom. The standard InChI is InChI=1S/C15H21N5O2S/c1-10-7-13(11(2)19(10)3)14(21)9-23-15-16-17-18-20(15)8-12-5-4-6-22-12/h7,12H,4-6,8-9H2,1-3H3/t12-/m1/s1. The molecule has 0 aliphatic carbocycles. The van der Waals surface area contributed by atoms with Gasteiger partial charge in [-0.25, -0.2) is 4.68 Å². The fourth-order valence-corrected chi connectivity index (χ4v) is 3.51. The molecule has 3 rings (SSSR count). The largest absolute Gasteiger partial charge is 0.376 e. The Balaban J connectivity index is 1.63. The number of tetrazole rings is 1. The van der Waals surface area contributed by atoms with Crippen molar-refractivity contribution in [2.45, 2.75) is 44.5 Å². The van der Waals surface area contributed by atoms with Crippen molar-refractivity contribution < 1.29 is 9.53 Å². The van der Waals surface area contributed by atoms with E-state index in [1.807, 2.05) is 31.5 Å². The molecule has 0 amide bonds. The molecule has 0 saturated carbocycles. The van der Waals surface area contributed by atoms with Gasteiger partial charge in [0.15, 0.2) is 5.78 Å². The topological polar surface area (TPSA) is 74.8 Å². The Labute approximate surface area is 139 Å². The molecule has 0 unspecified atom stereocenters. The molecule has 0 N–H and O–H groups in total. The minimum absolute atomic E-state index is 0.0999. The highest BCUT2D eigenvalue weighted by Gasteiger charge is 2.20. The lowest BCUT2D eigenvalue weighted by atomic mass is 10.2. The van der Waals surface area contributed by atoms with E-state index >= 15 is 0 Å². The second-order valence-electron chi connectivity index (χ2n) is 5.83. The molecule has 124 valence electrons. The number of aromatic nitrogens is 5. The number of aryl methyl sites for hydroxylation is 1. The lowest BCUT2D eigenvalue weighted by Crippen LogP contribution is -2.17. The third-order valence-corrected chi connectivity index (χ3v) is 5.26. The van der Waals surface area contributed by atoms with Gasteiger partial charge in [0.2, 0.25) is 5.16 Å². The number of hydrogen-bond acceptors (Lipinski definition) is 6. The van der Waals surface area contributed by atoms with Crippen LogP contribution in [0.2, 0.25) is 0 Å². The number of ketones is 1. The van der Waals surface area contributed by atoms with E-state index in [9.17, 15) is 4.79 Å². The number of carbonyl (C=O) groups is 1. The van der Waals surface area contributed by atoms with Gasteiger partial charge in [-0.1, -0.05) is 11.8 Å². The fourth-order valence-electron chi connectivity index (χ4n) is 2.74. The zero-order valence-corrected chi connectivity index (χ0v) is 14.5. The van der Waals surface area contributed by atoms with Gasteiger partial charge in [-0.05, 0) is 43.2 Å². The average Bonchev–Trinajstić information content (AvgIpc) is 3.25. The summed E-state index contributed by atoms with van der Waals surface area (Å²) in [5, 5.41) is 12.4. The number of rotatable bonds is 6. The fraction of sp³-hybridized carbons (Fsp3) is 0.600. The zero-order valence-electron chi connectivity index (χ0n) is 13.7. The van der Waals surface area contributed by atoms with E-state index in [2.05, 4.69) is 15.5 Å². The molecule has 1 fully saturated rings. The first-order valence-corrected chi connectivity index (χ1v) is 8.71. The van der Waals surface area contributed by atoms with E-state index in [0.717, 1.165) is 36.4 Å². The van der Waals surface area contributed by atoms with E-state index in [1.54, 1.807) is 4.68 Å². The average molecular weight is 335 g/mol. The molecule has 1 saturated heterocycles. The SMILES string of the molecule is Cc1cc(C(=O)CSc2nnnn2C[C@H]2CCCO2)c(C)n1C. The van der Waals surface area contributed by atoms with Gasteiger partial charge in [-0.3, -0.25) is 4.79 Å². The normalized spacial score (nSPS) is 17.8. The van der Waals surface area contributed by atoms with E-state index in [1.165, 1.54) is 11.8 Å². The second kappa shape index (κ2) is 6.84. The Morgan fingerprint density at radius 3 is 2.96 bits per heavy atom. The summed E-state index contributed by atoms with van der Waals surface area (Å²) in [7, 11) is 1.97. The van der Waals surface area contributed by atoms with Crippen molar-refractivity contribution in [3.63, 3.8) is 0 Å². The minimum atomic E-state index is 0.0999. The first-order valence-electron chi connectivity index (χ1n) is 7.73. The predicted octanol–water partition coefficient (Wildman–Crippen LogP) is 1.78. The van der Waals surface area contributed by atoms with Crippen LogP contribution in [0.3, 0.4) is 0 Å². The van der Waals surface area contributed by atoms with Gasteiger partial charge in [0.25, 0.3) is 0 Å². The molecule has 0 bridgehead atoms. The maximum Gasteiger partial charge on any atom is 0.209 e. The summed E-state index contributed by atoms with van der Waals surface area (Å²) in [5.41, 5.74) is 2.85. The first-order chi connectivity index (χ1) is 11.1. The molecule has 1 aliphatic heterocycles. The van der Waals surface area contributed by atoms with Crippen LogP contribution >= 0.6 is 11.8 Å². The van der Waals surface area contributed by atoms with Gasteiger partial charge in [0.05, 0.1) is 18.4 Å². The lowest BCUT2D eigenvalue weighted by molar-refractivity contribution is 0.0912. The van der Waals surface area contributed by atoms with Crippen molar-refractivity contribution in [3.8, 4) is 0 Å². The molecule has 7 nitrogen and oxygen atoms in total. The Hall–Kier alpha value is -1.67. The summed E-state index contributed by atoms with van der Waals surface area (Å²) in [6.07, 6.45) is 2.29. The molecule has 1 aliphatic rings. The van der Waals surface area contributed by atoms with Gasteiger partial charge in [0, 0.05) is 30.6 Å².